The van der Waals surface area contributed by atoms with Crippen LogP contribution >= 0.6 is 54.8 Å². The van der Waals surface area contributed by atoms with E-state index in [2.05, 4.69) is 44.8 Å². The molecule has 0 aliphatic rings. The maximum Gasteiger partial charge on any atom is 0.107 e. The van der Waals surface area contributed by atoms with Crippen LogP contribution in [0, 0.1) is 0 Å². The summed E-state index contributed by atoms with van der Waals surface area (Å²) < 4.78 is 1.87. The number of thiophene rings is 1. The van der Waals surface area contributed by atoms with Gasteiger partial charge in [0.1, 0.15) is 4.34 Å². The molecule has 0 aliphatic carbocycles. The van der Waals surface area contributed by atoms with Crippen molar-refractivity contribution in [3.8, 4) is 0 Å². The summed E-state index contributed by atoms with van der Waals surface area (Å²) in [6.45, 7) is 2.24. The van der Waals surface area contributed by atoms with Gasteiger partial charge in [-0.05, 0) is 28.4 Å². The highest BCUT2D eigenvalue weighted by molar-refractivity contribution is 9.10. The first-order chi connectivity index (χ1) is 7.15. The van der Waals surface area contributed by atoms with Gasteiger partial charge in [-0.3, -0.25) is 0 Å². The Morgan fingerprint density at radius 1 is 1.40 bits per heavy atom. The van der Waals surface area contributed by atoms with Crippen molar-refractivity contribution in [1.29, 1.82) is 0 Å². The highest BCUT2D eigenvalue weighted by Crippen LogP contribution is 2.40. The van der Waals surface area contributed by atoms with Gasteiger partial charge in [-0.2, -0.15) is 0 Å². The van der Waals surface area contributed by atoms with E-state index in [0.29, 0.717) is 4.83 Å². The van der Waals surface area contributed by atoms with Crippen molar-refractivity contribution in [3.63, 3.8) is 0 Å². The van der Waals surface area contributed by atoms with Crippen molar-refractivity contribution in [1.82, 2.24) is 0 Å². The second-order valence-electron chi connectivity index (χ2n) is 3.59. The van der Waals surface area contributed by atoms with Crippen molar-refractivity contribution in [2.75, 3.05) is 0 Å². The number of rotatable bonds is 6. The Bertz CT molecular complexity index is 279. The molecule has 1 atom stereocenters. The molecule has 0 N–H and O–H groups in total. The van der Waals surface area contributed by atoms with E-state index in [9.17, 15) is 0 Å². The maximum atomic E-state index is 6.01. The zero-order chi connectivity index (χ0) is 11.3. The number of hydrogen-bond donors (Lipinski definition) is 0. The fraction of sp³-hybridized carbons (Fsp3) is 0.636. The average molecular weight is 375 g/mol. The van der Waals surface area contributed by atoms with Gasteiger partial charge in [-0.15, -0.1) is 11.3 Å². The Hall–Kier alpha value is 0.950. The summed E-state index contributed by atoms with van der Waals surface area (Å²) in [5.74, 6) is 0. The molecule has 0 saturated heterocycles. The molecule has 86 valence electrons. The van der Waals surface area contributed by atoms with Crippen molar-refractivity contribution < 1.29 is 0 Å². The van der Waals surface area contributed by atoms with E-state index in [1.807, 2.05) is 0 Å². The number of halogens is 3. The van der Waals surface area contributed by atoms with E-state index < -0.39 is 0 Å². The van der Waals surface area contributed by atoms with Crippen LogP contribution in [0.25, 0.3) is 0 Å². The fourth-order valence-electron chi connectivity index (χ4n) is 1.41. The molecule has 0 radical (unpaired) electrons. The minimum Gasteiger partial charge on any atom is -0.126 e. The molecule has 1 heterocycles. The van der Waals surface area contributed by atoms with Crippen LogP contribution in [-0.2, 0) is 0 Å². The third-order valence-corrected chi connectivity index (χ3v) is 6.13. The van der Waals surface area contributed by atoms with Crippen molar-refractivity contribution in [2.24, 2.45) is 0 Å². The van der Waals surface area contributed by atoms with E-state index in [0.717, 1.165) is 8.81 Å². The number of alkyl halides is 1. The standard InChI is InChI=1S/C11H15Br2ClS/c1-2-3-4-5-6-8(12)10-7-9(13)11(14)15-10/h7-8H,2-6H2,1H3. The lowest BCUT2D eigenvalue weighted by Gasteiger charge is -2.06. The molecule has 15 heavy (non-hydrogen) atoms. The summed E-state index contributed by atoms with van der Waals surface area (Å²) >= 11 is 14.8. The Morgan fingerprint density at radius 2 is 2.13 bits per heavy atom. The summed E-state index contributed by atoms with van der Waals surface area (Å²) in [6, 6.07) is 2.12. The zero-order valence-corrected chi connectivity index (χ0v) is 13.5. The van der Waals surface area contributed by atoms with E-state index >= 15 is 0 Å². The smallest absolute Gasteiger partial charge is 0.107 e. The Labute approximate surface area is 118 Å². The van der Waals surface area contributed by atoms with Gasteiger partial charge in [0.25, 0.3) is 0 Å². The Balaban J connectivity index is 2.36. The summed E-state index contributed by atoms with van der Waals surface area (Å²) in [6.07, 6.45) is 6.46. The van der Waals surface area contributed by atoms with Crippen LogP contribution < -0.4 is 0 Å². The molecule has 0 fully saturated rings. The van der Waals surface area contributed by atoms with Gasteiger partial charge in [0.05, 0.1) is 0 Å². The Kier molecular flexibility index (Phi) is 6.83. The minimum atomic E-state index is 0.461. The molecular formula is C11H15Br2ClS. The van der Waals surface area contributed by atoms with Crippen LogP contribution in [0.4, 0.5) is 0 Å². The van der Waals surface area contributed by atoms with Gasteiger partial charge in [0.2, 0.25) is 0 Å². The monoisotopic (exact) mass is 372 g/mol. The van der Waals surface area contributed by atoms with Crippen LogP contribution in [0.5, 0.6) is 0 Å². The molecule has 0 amide bonds. The lowest BCUT2D eigenvalue weighted by Crippen LogP contribution is -1.86. The molecule has 0 saturated carbocycles. The normalized spacial score (nSPS) is 13.1. The third kappa shape index (κ3) is 4.76. The molecule has 4 heteroatoms. The van der Waals surface area contributed by atoms with Gasteiger partial charge in [-0.25, -0.2) is 0 Å². The summed E-state index contributed by atoms with van der Waals surface area (Å²) in [4.78, 5) is 1.78. The third-order valence-electron chi connectivity index (χ3n) is 2.28. The highest BCUT2D eigenvalue weighted by Gasteiger charge is 2.12. The lowest BCUT2D eigenvalue weighted by molar-refractivity contribution is 0.632. The quantitative estimate of drug-likeness (QED) is 0.390. The number of unbranched alkanes of at least 4 members (excludes halogenated alkanes) is 3. The SMILES string of the molecule is CCCCCCC(Br)c1cc(Br)c(Cl)s1. The largest absolute Gasteiger partial charge is 0.126 e. The van der Waals surface area contributed by atoms with E-state index in [1.165, 1.54) is 37.0 Å². The molecule has 0 aliphatic heterocycles. The van der Waals surface area contributed by atoms with Crippen LogP contribution in [0.2, 0.25) is 4.34 Å². The first-order valence-corrected chi connectivity index (χ1v) is 8.14. The first kappa shape index (κ1) is 14.0. The van der Waals surface area contributed by atoms with Gasteiger partial charge in [0, 0.05) is 14.2 Å². The van der Waals surface area contributed by atoms with Gasteiger partial charge < -0.3 is 0 Å². The van der Waals surface area contributed by atoms with Crippen LogP contribution in [0.15, 0.2) is 10.5 Å². The molecular weight excluding hydrogens is 359 g/mol. The second kappa shape index (κ2) is 7.31. The number of hydrogen-bond acceptors (Lipinski definition) is 1. The molecule has 1 unspecified atom stereocenters. The molecule has 0 spiro atoms. The molecule has 0 nitrogen and oxygen atoms in total. The molecule has 1 rings (SSSR count). The van der Waals surface area contributed by atoms with Crippen molar-refractivity contribution in [3.05, 3.63) is 19.8 Å². The van der Waals surface area contributed by atoms with E-state index in [4.69, 9.17) is 11.6 Å². The topological polar surface area (TPSA) is 0 Å². The highest BCUT2D eigenvalue weighted by atomic mass is 79.9. The molecule has 0 aromatic carbocycles. The van der Waals surface area contributed by atoms with Gasteiger partial charge in [-0.1, -0.05) is 60.1 Å². The summed E-state index contributed by atoms with van der Waals surface area (Å²) in [7, 11) is 0. The fourth-order valence-corrected chi connectivity index (χ4v) is 3.90. The molecule has 0 bridgehead atoms. The van der Waals surface area contributed by atoms with E-state index in [1.54, 1.807) is 11.3 Å². The average Bonchev–Trinajstić information content (AvgIpc) is 2.54. The second-order valence-corrected chi connectivity index (χ2v) is 7.23. The predicted molar refractivity (Wildman–Crippen MR) is 77.5 cm³/mol. The van der Waals surface area contributed by atoms with E-state index in [-0.39, 0.29) is 0 Å². The first-order valence-electron chi connectivity index (χ1n) is 5.24. The predicted octanol–water partition coefficient (Wildman–Crippen LogP) is 6.57. The summed E-state index contributed by atoms with van der Waals surface area (Å²) in [5, 5.41) is 0. The van der Waals surface area contributed by atoms with Gasteiger partial charge in [0.15, 0.2) is 0 Å². The minimum absolute atomic E-state index is 0.461. The van der Waals surface area contributed by atoms with Crippen molar-refractivity contribution >= 4 is 54.8 Å². The van der Waals surface area contributed by atoms with Crippen LogP contribution in [-0.4, -0.2) is 0 Å². The lowest BCUT2D eigenvalue weighted by atomic mass is 10.1. The Morgan fingerprint density at radius 3 is 2.67 bits per heavy atom. The van der Waals surface area contributed by atoms with Gasteiger partial charge >= 0.3 is 0 Å². The van der Waals surface area contributed by atoms with Crippen LogP contribution in [0.3, 0.4) is 0 Å². The van der Waals surface area contributed by atoms with Crippen molar-refractivity contribution in [2.45, 2.75) is 43.9 Å². The summed E-state index contributed by atoms with van der Waals surface area (Å²) in [5.41, 5.74) is 0. The van der Waals surface area contributed by atoms with Crippen LogP contribution in [0.1, 0.15) is 48.7 Å². The zero-order valence-electron chi connectivity index (χ0n) is 8.73. The maximum absolute atomic E-state index is 6.01. The molecule has 1 aromatic heterocycles. The molecule has 1 aromatic rings.